The van der Waals surface area contributed by atoms with Gasteiger partial charge in [0, 0.05) is 36.5 Å². The maximum absolute atomic E-state index is 14.9. The van der Waals surface area contributed by atoms with Crippen molar-refractivity contribution in [3.8, 4) is 0 Å². The van der Waals surface area contributed by atoms with Crippen molar-refractivity contribution in [2.45, 2.75) is 107 Å². The molecule has 0 saturated carbocycles. The van der Waals surface area contributed by atoms with E-state index in [0.717, 1.165) is 0 Å². The maximum Gasteiger partial charge on any atom is 0.313 e. The summed E-state index contributed by atoms with van der Waals surface area (Å²) in [6.07, 6.45) is 4.67. The molecule has 1 unspecified atom stereocenters. The molecule has 3 aliphatic rings. The number of rotatable bonds is 17. The standard InChI is InChI=1S/C38H54BrN3O7/c1-8-10-18-28(44)40-23-27(25-16-12-11-13-17-25)48-35(47)29-30-33(45)41(20-14-15-21-43)32(38(30)22-26(39)31(29)49-38)34(46)42(19-9-2)37(6,7)24-36(3,4)5/h8-9,11-13,16-17,26-27,29-32,43H,1-2,10,14-15,18-24H2,3-7H3,(H,40,44)/t26?,27-,29-,30+,31-,32-,38+/m1/s1. The summed E-state index contributed by atoms with van der Waals surface area (Å²) < 4.78 is 12.9. The Balaban J connectivity index is 1.70. The second kappa shape index (κ2) is 15.9. The lowest BCUT2D eigenvalue weighted by molar-refractivity contribution is -0.160. The first-order valence-corrected chi connectivity index (χ1v) is 18.3. The molecule has 0 aromatic heterocycles. The van der Waals surface area contributed by atoms with Crippen LogP contribution >= 0.6 is 15.9 Å². The lowest BCUT2D eigenvalue weighted by Crippen LogP contribution is -2.61. The minimum atomic E-state index is -1.26. The molecule has 3 fully saturated rings. The van der Waals surface area contributed by atoms with Crippen molar-refractivity contribution < 1.29 is 33.8 Å². The molecule has 1 aromatic carbocycles. The number of nitrogens with one attached hydrogen (secondary N) is 1. The van der Waals surface area contributed by atoms with Gasteiger partial charge in [0.1, 0.15) is 17.7 Å². The van der Waals surface area contributed by atoms with E-state index in [1.807, 2.05) is 44.2 Å². The highest BCUT2D eigenvalue weighted by Crippen LogP contribution is 2.60. The number of carbonyl (C=O) groups is 4. The molecule has 3 aliphatic heterocycles. The number of aliphatic hydroxyl groups is 1. The summed E-state index contributed by atoms with van der Waals surface area (Å²) in [6.45, 7) is 18.6. The smallest absolute Gasteiger partial charge is 0.313 e. The van der Waals surface area contributed by atoms with Crippen LogP contribution < -0.4 is 5.32 Å². The van der Waals surface area contributed by atoms with Crippen molar-refractivity contribution in [1.29, 1.82) is 0 Å². The van der Waals surface area contributed by atoms with Crippen molar-refractivity contribution in [2.75, 3.05) is 26.2 Å². The predicted molar refractivity (Wildman–Crippen MR) is 192 cm³/mol. The number of esters is 1. The third-order valence-electron chi connectivity index (χ3n) is 9.86. The Hall–Kier alpha value is -3.02. The van der Waals surface area contributed by atoms with Crippen LogP contribution in [-0.4, -0.2) is 93.0 Å². The number of allylic oxidation sites excluding steroid dienone is 1. The zero-order valence-corrected chi connectivity index (χ0v) is 31.2. The van der Waals surface area contributed by atoms with E-state index >= 15 is 0 Å². The summed E-state index contributed by atoms with van der Waals surface area (Å²) in [6, 6.07) is 8.19. The number of amides is 3. The second-order valence-corrected chi connectivity index (χ2v) is 16.6. The van der Waals surface area contributed by atoms with Gasteiger partial charge in [0.15, 0.2) is 0 Å². The average Bonchev–Trinajstić information content (AvgIpc) is 3.63. The summed E-state index contributed by atoms with van der Waals surface area (Å²) in [5, 5.41) is 12.4. The number of fused-ring (bicyclic) bond motifs is 1. The molecular weight excluding hydrogens is 690 g/mol. The van der Waals surface area contributed by atoms with Gasteiger partial charge in [0.25, 0.3) is 0 Å². The second-order valence-electron chi connectivity index (χ2n) is 15.4. The molecule has 3 saturated heterocycles. The fraction of sp³-hybridized carbons (Fsp3) is 0.632. The number of hydrogen-bond donors (Lipinski definition) is 2. The molecule has 3 amide bonds. The fourth-order valence-corrected chi connectivity index (χ4v) is 9.20. The Bertz CT molecular complexity index is 1380. The summed E-state index contributed by atoms with van der Waals surface area (Å²) in [7, 11) is 0. The highest BCUT2D eigenvalue weighted by Gasteiger charge is 2.77. The highest BCUT2D eigenvalue weighted by molar-refractivity contribution is 9.09. The first-order chi connectivity index (χ1) is 23.1. The summed E-state index contributed by atoms with van der Waals surface area (Å²) in [5.74, 6) is -3.26. The number of nitrogens with zero attached hydrogens (tertiary/aromatic N) is 2. The number of hydrogen-bond acceptors (Lipinski definition) is 7. The molecule has 2 bridgehead atoms. The first kappa shape index (κ1) is 38.8. The molecule has 270 valence electrons. The van der Waals surface area contributed by atoms with Gasteiger partial charge in [0.05, 0.1) is 24.5 Å². The largest absolute Gasteiger partial charge is 0.455 e. The Morgan fingerprint density at radius 2 is 1.86 bits per heavy atom. The van der Waals surface area contributed by atoms with Crippen LogP contribution in [-0.2, 0) is 28.7 Å². The topological polar surface area (TPSA) is 125 Å². The number of aliphatic hydroxyl groups excluding tert-OH is 1. The van der Waals surface area contributed by atoms with Crippen molar-refractivity contribution in [2.24, 2.45) is 17.3 Å². The third-order valence-corrected chi connectivity index (χ3v) is 10.7. The SMILES string of the molecule is C=CCCC(=O)NC[C@@H](OC(=O)[C@H]1[C@@H]2O[C@@]3(CC2Br)[C@@H]1C(=O)N(CCCCO)[C@@H]3C(=O)N(CC=C)C(C)(C)CC(C)(C)C)c1ccccc1. The molecule has 0 radical (unpaired) electrons. The van der Waals surface area contributed by atoms with Crippen LogP contribution in [0, 0.1) is 17.3 Å². The Morgan fingerprint density at radius 3 is 2.47 bits per heavy atom. The number of ether oxygens (including phenoxy) is 2. The Morgan fingerprint density at radius 1 is 1.16 bits per heavy atom. The molecular formula is C38H54BrN3O7. The molecule has 4 rings (SSSR count). The summed E-state index contributed by atoms with van der Waals surface area (Å²) >= 11 is 3.75. The van der Waals surface area contributed by atoms with Crippen LogP contribution in [0.3, 0.4) is 0 Å². The molecule has 2 N–H and O–H groups in total. The van der Waals surface area contributed by atoms with E-state index in [1.165, 1.54) is 0 Å². The van der Waals surface area contributed by atoms with Crippen LogP contribution in [0.1, 0.15) is 84.8 Å². The molecule has 1 aromatic rings. The first-order valence-electron chi connectivity index (χ1n) is 17.4. The molecule has 1 spiro atoms. The molecule has 11 heteroatoms. The van der Waals surface area contributed by atoms with Gasteiger partial charge in [-0.2, -0.15) is 0 Å². The lowest BCUT2D eigenvalue weighted by atomic mass is 9.70. The Labute approximate surface area is 299 Å². The lowest BCUT2D eigenvalue weighted by Gasteiger charge is -2.45. The normalized spacial score (nSPS) is 26.6. The third kappa shape index (κ3) is 8.31. The van der Waals surface area contributed by atoms with Crippen molar-refractivity contribution in [3.05, 3.63) is 61.2 Å². The van der Waals surface area contributed by atoms with E-state index in [1.54, 1.807) is 22.0 Å². The zero-order chi connectivity index (χ0) is 36.1. The molecule has 10 nitrogen and oxygen atoms in total. The van der Waals surface area contributed by atoms with Gasteiger partial charge in [-0.1, -0.05) is 79.2 Å². The monoisotopic (exact) mass is 743 g/mol. The zero-order valence-electron chi connectivity index (χ0n) is 29.7. The van der Waals surface area contributed by atoms with E-state index in [2.05, 4.69) is 55.2 Å². The van der Waals surface area contributed by atoms with E-state index in [-0.39, 0.29) is 60.6 Å². The number of likely N-dealkylation sites (tertiary alicyclic amines) is 1. The van der Waals surface area contributed by atoms with Crippen LogP contribution in [0.15, 0.2) is 55.6 Å². The van der Waals surface area contributed by atoms with Gasteiger partial charge in [-0.05, 0) is 56.9 Å². The number of benzene rings is 1. The summed E-state index contributed by atoms with van der Waals surface area (Å²) in [5.41, 5.74) is -1.23. The minimum Gasteiger partial charge on any atom is -0.455 e. The molecule has 7 atom stereocenters. The maximum atomic E-state index is 14.9. The van der Waals surface area contributed by atoms with Gasteiger partial charge in [-0.3, -0.25) is 19.2 Å². The van der Waals surface area contributed by atoms with Gasteiger partial charge < -0.3 is 29.7 Å². The molecule has 0 aliphatic carbocycles. The van der Waals surface area contributed by atoms with Crippen LogP contribution in [0.4, 0.5) is 0 Å². The number of carbonyl (C=O) groups excluding carboxylic acids is 4. The van der Waals surface area contributed by atoms with Gasteiger partial charge in [-0.15, -0.1) is 13.2 Å². The van der Waals surface area contributed by atoms with E-state index in [0.29, 0.717) is 37.7 Å². The average molecular weight is 745 g/mol. The van der Waals surface area contributed by atoms with Gasteiger partial charge in [-0.25, -0.2) is 0 Å². The van der Waals surface area contributed by atoms with Crippen LogP contribution in [0.25, 0.3) is 0 Å². The number of alkyl halides is 1. The van der Waals surface area contributed by atoms with Crippen molar-refractivity contribution >= 4 is 39.6 Å². The number of unbranched alkanes of at least 4 members (excludes halogenated alkanes) is 1. The number of halogens is 1. The minimum absolute atomic E-state index is 0.0432. The highest BCUT2D eigenvalue weighted by atomic mass is 79.9. The van der Waals surface area contributed by atoms with Gasteiger partial charge >= 0.3 is 5.97 Å². The molecule has 49 heavy (non-hydrogen) atoms. The van der Waals surface area contributed by atoms with Crippen LogP contribution in [0.2, 0.25) is 0 Å². The fourth-order valence-electron chi connectivity index (χ4n) is 8.26. The van der Waals surface area contributed by atoms with E-state index in [4.69, 9.17) is 9.47 Å². The van der Waals surface area contributed by atoms with Crippen molar-refractivity contribution in [3.63, 3.8) is 0 Å². The van der Waals surface area contributed by atoms with E-state index in [9.17, 15) is 24.3 Å². The van der Waals surface area contributed by atoms with E-state index < -0.39 is 47.2 Å². The molecule has 3 heterocycles. The predicted octanol–water partition coefficient (Wildman–Crippen LogP) is 5.10. The quantitative estimate of drug-likeness (QED) is 0.0985. The van der Waals surface area contributed by atoms with Crippen molar-refractivity contribution in [1.82, 2.24) is 15.1 Å². The Kier molecular flexibility index (Phi) is 12.6. The van der Waals surface area contributed by atoms with Crippen LogP contribution in [0.5, 0.6) is 0 Å². The van der Waals surface area contributed by atoms with Gasteiger partial charge in [0.2, 0.25) is 17.7 Å². The summed E-state index contributed by atoms with van der Waals surface area (Å²) in [4.78, 5) is 59.3.